The van der Waals surface area contributed by atoms with Crippen molar-refractivity contribution < 1.29 is 4.79 Å². The predicted octanol–water partition coefficient (Wildman–Crippen LogP) is 5.01. The molecule has 23 heavy (non-hydrogen) atoms. The number of para-hydroxylation sites is 1. The monoisotopic (exact) mass is 363 g/mol. The summed E-state index contributed by atoms with van der Waals surface area (Å²) in [4.78, 5) is 17.1. The minimum Gasteiger partial charge on any atom is -0.382 e. The quantitative estimate of drug-likeness (QED) is 0.639. The number of benzene rings is 2. The molecule has 0 amide bonds. The first-order valence-corrected chi connectivity index (χ1v) is 8.20. The van der Waals surface area contributed by atoms with Crippen LogP contribution in [0.3, 0.4) is 0 Å². The Morgan fingerprint density at radius 1 is 1.13 bits per heavy atom. The molecule has 2 aromatic carbocycles. The fourth-order valence-electron chi connectivity index (χ4n) is 1.99. The van der Waals surface area contributed by atoms with Crippen LogP contribution in [0.15, 0.2) is 48.5 Å². The minimum atomic E-state index is -0.275. The lowest BCUT2D eigenvalue weighted by Gasteiger charge is -2.02. The van der Waals surface area contributed by atoms with E-state index in [2.05, 4.69) is 10.3 Å². The number of anilines is 3. The molecule has 0 saturated heterocycles. The third-order valence-corrected chi connectivity index (χ3v) is 4.59. The van der Waals surface area contributed by atoms with Crippen molar-refractivity contribution in [1.82, 2.24) is 4.98 Å². The Labute approximate surface area is 146 Å². The van der Waals surface area contributed by atoms with Crippen LogP contribution in [0.4, 0.5) is 16.6 Å². The van der Waals surface area contributed by atoms with Gasteiger partial charge in [-0.1, -0.05) is 52.7 Å². The summed E-state index contributed by atoms with van der Waals surface area (Å²) in [6, 6.07) is 14.2. The zero-order valence-corrected chi connectivity index (χ0v) is 14.0. The van der Waals surface area contributed by atoms with E-state index in [0.29, 0.717) is 20.6 Å². The van der Waals surface area contributed by atoms with Crippen molar-refractivity contribution in [1.29, 1.82) is 0 Å². The number of carbonyl (C=O) groups is 1. The topological polar surface area (TPSA) is 68.0 Å². The first kappa shape index (κ1) is 15.8. The molecule has 3 rings (SSSR count). The van der Waals surface area contributed by atoms with E-state index in [1.807, 2.05) is 30.3 Å². The number of aromatic nitrogens is 1. The normalized spacial score (nSPS) is 10.5. The molecular weight excluding hydrogens is 353 g/mol. The summed E-state index contributed by atoms with van der Waals surface area (Å²) in [6.45, 7) is 0. The van der Waals surface area contributed by atoms with Gasteiger partial charge in [0.25, 0.3) is 0 Å². The highest BCUT2D eigenvalue weighted by Crippen LogP contribution is 2.32. The molecule has 3 N–H and O–H groups in total. The SMILES string of the molecule is Nc1nc(Nc2ccccc2)sc1C(=O)c1ccc(Cl)cc1Cl. The van der Waals surface area contributed by atoms with Gasteiger partial charge >= 0.3 is 0 Å². The molecule has 0 spiro atoms. The van der Waals surface area contributed by atoms with Gasteiger partial charge in [0.15, 0.2) is 5.13 Å². The Bertz CT molecular complexity index is 865. The molecule has 0 unspecified atom stereocenters. The van der Waals surface area contributed by atoms with Gasteiger partial charge in [0, 0.05) is 16.3 Å². The van der Waals surface area contributed by atoms with E-state index in [9.17, 15) is 4.79 Å². The molecule has 0 bridgehead atoms. The lowest BCUT2D eigenvalue weighted by Crippen LogP contribution is -2.03. The molecule has 0 aliphatic rings. The number of nitrogens with zero attached hydrogens (tertiary/aromatic N) is 1. The first-order valence-electron chi connectivity index (χ1n) is 6.62. The molecule has 1 heterocycles. The molecule has 7 heteroatoms. The number of rotatable bonds is 4. The van der Waals surface area contributed by atoms with Crippen LogP contribution in [-0.2, 0) is 0 Å². The number of nitrogens with one attached hydrogen (secondary N) is 1. The number of thiazole rings is 1. The number of carbonyl (C=O) groups excluding carboxylic acids is 1. The second-order valence-electron chi connectivity index (χ2n) is 4.68. The summed E-state index contributed by atoms with van der Waals surface area (Å²) in [5.74, 6) is -0.104. The third kappa shape index (κ3) is 3.47. The van der Waals surface area contributed by atoms with E-state index in [1.165, 1.54) is 17.4 Å². The largest absolute Gasteiger partial charge is 0.382 e. The van der Waals surface area contributed by atoms with Crippen LogP contribution < -0.4 is 11.1 Å². The molecule has 4 nitrogen and oxygen atoms in total. The van der Waals surface area contributed by atoms with Crippen LogP contribution in [0.25, 0.3) is 0 Å². The van der Waals surface area contributed by atoms with Crippen molar-refractivity contribution in [2.75, 3.05) is 11.1 Å². The van der Waals surface area contributed by atoms with Gasteiger partial charge in [-0.15, -0.1) is 0 Å². The maximum Gasteiger partial charge on any atom is 0.208 e. The number of ketones is 1. The van der Waals surface area contributed by atoms with Crippen molar-refractivity contribution in [2.45, 2.75) is 0 Å². The number of nitrogens with two attached hydrogens (primary N) is 1. The molecule has 3 aromatic rings. The first-order chi connectivity index (χ1) is 11.0. The Morgan fingerprint density at radius 2 is 1.87 bits per heavy atom. The molecule has 0 atom stereocenters. The van der Waals surface area contributed by atoms with Gasteiger partial charge in [0.05, 0.1) is 5.02 Å². The molecule has 116 valence electrons. The molecule has 0 aliphatic carbocycles. The van der Waals surface area contributed by atoms with E-state index < -0.39 is 0 Å². The van der Waals surface area contributed by atoms with Gasteiger partial charge in [-0.05, 0) is 30.3 Å². The summed E-state index contributed by atoms with van der Waals surface area (Å²) in [6.07, 6.45) is 0. The molecule has 0 aliphatic heterocycles. The lowest BCUT2D eigenvalue weighted by atomic mass is 10.1. The fourth-order valence-corrected chi connectivity index (χ4v) is 3.34. The summed E-state index contributed by atoms with van der Waals surface area (Å²) in [5, 5.41) is 4.41. The van der Waals surface area contributed by atoms with Crippen LogP contribution in [-0.4, -0.2) is 10.8 Å². The van der Waals surface area contributed by atoms with Crippen LogP contribution in [0.1, 0.15) is 15.2 Å². The van der Waals surface area contributed by atoms with E-state index in [0.717, 1.165) is 5.69 Å². The Kier molecular flexibility index (Phi) is 4.52. The molecule has 0 fully saturated rings. The van der Waals surface area contributed by atoms with E-state index in [-0.39, 0.29) is 16.6 Å². The summed E-state index contributed by atoms with van der Waals surface area (Å²) in [5.41, 5.74) is 7.09. The van der Waals surface area contributed by atoms with Crippen LogP contribution in [0.2, 0.25) is 10.0 Å². The van der Waals surface area contributed by atoms with Crippen molar-refractivity contribution in [3.05, 3.63) is 69.0 Å². The smallest absolute Gasteiger partial charge is 0.208 e. The number of hydrogen-bond acceptors (Lipinski definition) is 5. The van der Waals surface area contributed by atoms with Crippen molar-refractivity contribution in [2.24, 2.45) is 0 Å². The van der Waals surface area contributed by atoms with Crippen LogP contribution >= 0.6 is 34.5 Å². The maximum atomic E-state index is 12.6. The van der Waals surface area contributed by atoms with E-state index in [1.54, 1.807) is 12.1 Å². The zero-order valence-electron chi connectivity index (χ0n) is 11.7. The Hall–Kier alpha value is -2.08. The number of hydrogen-bond donors (Lipinski definition) is 2. The molecule has 1 aromatic heterocycles. The zero-order chi connectivity index (χ0) is 16.4. The summed E-state index contributed by atoms with van der Waals surface area (Å²) >= 11 is 13.1. The Balaban J connectivity index is 1.90. The maximum absolute atomic E-state index is 12.6. The highest BCUT2D eigenvalue weighted by Gasteiger charge is 2.20. The fraction of sp³-hybridized carbons (Fsp3) is 0. The van der Waals surface area contributed by atoms with Gasteiger partial charge in [0.2, 0.25) is 5.78 Å². The average molecular weight is 364 g/mol. The summed E-state index contributed by atoms with van der Waals surface area (Å²) < 4.78 is 0. The second-order valence-corrected chi connectivity index (χ2v) is 6.52. The highest BCUT2D eigenvalue weighted by molar-refractivity contribution is 7.18. The number of nitrogen functional groups attached to an aromatic ring is 1. The highest BCUT2D eigenvalue weighted by atomic mass is 35.5. The molecule has 0 radical (unpaired) electrons. The predicted molar refractivity (Wildman–Crippen MR) is 96.1 cm³/mol. The van der Waals surface area contributed by atoms with Gasteiger partial charge in [-0.2, -0.15) is 0 Å². The van der Waals surface area contributed by atoms with Gasteiger partial charge in [-0.25, -0.2) is 4.98 Å². The average Bonchev–Trinajstić information content (AvgIpc) is 2.88. The second kappa shape index (κ2) is 6.58. The van der Waals surface area contributed by atoms with Crippen molar-refractivity contribution in [3.63, 3.8) is 0 Å². The van der Waals surface area contributed by atoms with Gasteiger partial charge in [0.1, 0.15) is 10.7 Å². The minimum absolute atomic E-state index is 0.171. The lowest BCUT2D eigenvalue weighted by molar-refractivity contribution is 0.104. The standard InChI is InChI=1S/C16H11Cl2N3OS/c17-9-6-7-11(12(18)8-9)13(22)14-15(19)21-16(23-14)20-10-4-2-1-3-5-10/h1-8H,19H2,(H,20,21). The molecule has 0 saturated carbocycles. The van der Waals surface area contributed by atoms with Gasteiger partial charge < -0.3 is 11.1 Å². The molecular formula is C16H11Cl2N3OS. The van der Waals surface area contributed by atoms with Crippen molar-refractivity contribution >= 4 is 57.0 Å². The Morgan fingerprint density at radius 3 is 2.57 bits per heavy atom. The third-order valence-electron chi connectivity index (χ3n) is 3.06. The summed E-state index contributed by atoms with van der Waals surface area (Å²) in [7, 11) is 0. The number of halogens is 2. The van der Waals surface area contributed by atoms with Crippen LogP contribution in [0.5, 0.6) is 0 Å². The van der Waals surface area contributed by atoms with E-state index >= 15 is 0 Å². The van der Waals surface area contributed by atoms with Gasteiger partial charge in [-0.3, -0.25) is 4.79 Å². The van der Waals surface area contributed by atoms with Crippen LogP contribution in [0, 0.1) is 0 Å². The van der Waals surface area contributed by atoms with Crippen molar-refractivity contribution in [3.8, 4) is 0 Å². The van der Waals surface area contributed by atoms with E-state index in [4.69, 9.17) is 28.9 Å².